The van der Waals surface area contributed by atoms with Gasteiger partial charge in [0.15, 0.2) is 0 Å². The first-order chi connectivity index (χ1) is 10.6. The molecule has 5 heteroatoms. The number of hydrogen-bond acceptors (Lipinski definition) is 3. The normalized spacial score (nSPS) is 20.4. The first-order valence-corrected chi connectivity index (χ1v) is 8.29. The van der Waals surface area contributed by atoms with Crippen LogP contribution < -0.4 is 5.32 Å². The van der Waals surface area contributed by atoms with Gasteiger partial charge in [0.05, 0.1) is 11.7 Å². The van der Waals surface area contributed by atoms with E-state index < -0.39 is 0 Å². The van der Waals surface area contributed by atoms with Crippen molar-refractivity contribution in [3.8, 4) is 0 Å². The van der Waals surface area contributed by atoms with Gasteiger partial charge in [-0.15, -0.1) is 0 Å². The lowest BCUT2D eigenvalue weighted by Gasteiger charge is -2.35. The number of carbonyl (C=O) groups is 1. The first-order valence-electron chi connectivity index (χ1n) is 8.29. The summed E-state index contributed by atoms with van der Waals surface area (Å²) in [5.41, 5.74) is 0.910. The molecule has 2 rings (SSSR count). The van der Waals surface area contributed by atoms with Gasteiger partial charge in [-0.05, 0) is 45.0 Å². The number of piperidine rings is 1. The minimum atomic E-state index is -0.0326. The SMILES string of the molecule is CCN1CCCC[C@H]1CNC(=O)N(C)[C@@H](C)c1ccccn1. The highest BCUT2D eigenvalue weighted by atomic mass is 16.2. The zero-order chi connectivity index (χ0) is 15.9. The van der Waals surface area contributed by atoms with Crippen LogP contribution in [0.15, 0.2) is 24.4 Å². The van der Waals surface area contributed by atoms with E-state index in [9.17, 15) is 4.79 Å². The van der Waals surface area contributed by atoms with Crippen LogP contribution in [0.1, 0.15) is 44.8 Å². The fourth-order valence-corrected chi connectivity index (χ4v) is 3.03. The van der Waals surface area contributed by atoms with Crippen LogP contribution in [0, 0.1) is 0 Å². The summed E-state index contributed by atoms with van der Waals surface area (Å²) < 4.78 is 0. The number of likely N-dealkylation sites (tertiary alicyclic amines) is 1. The molecule has 1 aromatic rings. The lowest BCUT2D eigenvalue weighted by molar-refractivity contribution is 0.147. The third-order valence-corrected chi connectivity index (χ3v) is 4.66. The van der Waals surface area contributed by atoms with Crippen molar-refractivity contribution < 1.29 is 4.79 Å². The Kier molecular flexibility index (Phi) is 6.19. The van der Waals surface area contributed by atoms with Crippen LogP contribution in [0.4, 0.5) is 4.79 Å². The topological polar surface area (TPSA) is 48.5 Å². The average molecular weight is 304 g/mol. The number of aromatic nitrogens is 1. The Balaban J connectivity index is 1.86. The molecule has 1 saturated heterocycles. The van der Waals surface area contributed by atoms with Crippen molar-refractivity contribution in [2.45, 2.75) is 45.2 Å². The lowest BCUT2D eigenvalue weighted by atomic mass is 10.0. The molecular weight excluding hydrogens is 276 g/mol. The zero-order valence-electron chi connectivity index (χ0n) is 14.0. The molecule has 1 aromatic heterocycles. The summed E-state index contributed by atoms with van der Waals surface area (Å²) in [6.45, 7) is 7.13. The van der Waals surface area contributed by atoms with Gasteiger partial charge in [0, 0.05) is 25.8 Å². The number of hydrogen-bond donors (Lipinski definition) is 1. The van der Waals surface area contributed by atoms with E-state index in [1.165, 1.54) is 19.3 Å². The van der Waals surface area contributed by atoms with E-state index in [4.69, 9.17) is 0 Å². The van der Waals surface area contributed by atoms with Gasteiger partial charge in [-0.1, -0.05) is 19.4 Å². The highest BCUT2D eigenvalue weighted by Crippen LogP contribution is 2.17. The van der Waals surface area contributed by atoms with Gasteiger partial charge in [-0.3, -0.25) is 9.88 Å². The molecule has 1 fully saturated rings. The Hall–Kier alpha value is -1.62. The molecule has 2 atom stereocenters. The maximum atomic E-state index is 12.4. The largest absolute Gasteiger partial charge is 0.336 e. The minimum Gasteiger partial charge on any atom is -0.336 e. The number of pyridine rings is 1. The van der Waals surface area contributed by atoms with Crippen molar-refractivity contribution in [1.29, 1.82) is 0 Å². The number of amides is 2. The van der Waals surface area contributed by atoms with E-state index in [2.05, 4.69) is 22.1 Å². The Bertz CT molecular complexity index is 465. The maximum absolute atomic E-state index is 12.4. The molecule has 1 N–H and O–H groups in total. The van der Waals surface area contributed by atoms with E-state index in [0.29, 0.717) is 6.04 Å². The van der Waals surface area contributed by atoms with Crippen LogP contribution in [0.25, 0.3) is 0 Å². The molecular formula is C17H28N4O. The highest BCUT2D eigenvalue weighted by Gasteiger charge is 2.23. The Morgan fingerprint density at radius 1 is 1.50 bits per heavy atom. The van der Waals surface area contributed by atoms with Crippen LogP contribution in [0.2, 0.25) is 0 Å². The molecule has 1 aliphatic heterocycles. The van der Waals surface area contributed by atoms with Crippen molar-refractivity contribution in [1.82, 2.24) is 20.1 Å². The molecule has 0 aromatic carbocycles. The Labute approximate surface area is 133 Å². The predicted molar refractivity (Wildman–Crippen MR) is 88.7 cm³/mol. The maximum Gasteiger partial charge on any atom is 0.317 e. The van der Waals surface area contributed by atoms with Crippen molar-refractivity contribution in [3.63, 3.8) is 0 Å². The number of likely N-dealkylation sites (N-methyl/N-ethyl adjacent to an activating group) is 1. The van der Waals surface area contributed by atoms with E-state index in [-0.39, 0.29) is 12.1 Å². The first kappa shape index (κ1) is 16.7. The second-order valence-corrected chi connectivity index (χ2v) is 6.01. The molecule has 5 nitrogen and oxygen atoms in total. The van der Waals surface area contributed by atoms with E-state index in [1.807, 2.05) is 32.2 Å². The standard InChI is InChI=1S/C17H28N4O/c1-4-21-12-8-6-9-15(21)13-19-17(22)20(3)14(2)16-10-5-7-11-18-16/h5,7,10-11,14-15H,4,6,8-9,12-13H2,1-3H3,(H,19,22)/t14-,15-/m0/s1. The van der Waals surface area contributed by atoms with Crippen LogP contribution in [-0.4, -0.2) is 53.5 Å². The van der Waals surface area contributed by atoms with Gasteiger partial charge in [-0.2, -0.15) is 0 Å². The third kappa shape index (κ3) is 4.19. The van der Waals surface area contributed by atoms with Crippen molar-refractivity contribution in [2.24, 2.45) is 0 Å². The molecule has 0 spiro atoms. The second kappa shape index (κ2) is 8.13. The van der Waals surface area contributed by atoms with Gasteiger partial charge in [0.1, 0.15) is 0 Å². The van der Waals surface area contributed by atoms with Gasteiger partial charge >= 0.3 is 6.03 Å². The van der Waals surface area contributed by atoms with E-state index >= 15 is 0 Å². The Morgan fingerprint density at radius 3 is 3.00 bits per heavy atom. The summed E-state index contributed by atoms with van der Waals surface area (Å²) in [6.07, 6.45) is 5.47. The minimum absolute atomic E-state index is 0.0280. The molecule has 122 valence electrons. The Morgan fingerprint density at radius 2 is 2.32 bits per heavy atom. The van der Waals surface area contributed by atoms with E-state index in [1.54, 1.807) is 11.1 Å². The zero-order valence-corrected chi connectivity index (χ0v) is 14.0. The molecule has 2 heterocycles. The van der Waals surface area contributed by atoms with Crippen LogP contribution in [0.5, 0.6) is 0 Å². The molecule has 0 unspecified atom stereocenters. The van der Waals surface area contributed by atoms with Crippen LogP contribution in [-0.2, 0) is 0 Å². The average Bonchev–Trinajstić information content (AvgIpc) is 2.59. The number of carbonyl (C=O) groups excluding carboxylic acids is 1. The number of rotatable bonds is 5. The molecule has 0 aliphatic carbocycles. The summed E-state index contributed by atoms with van der Waals surface area (Å²) in [5, 5.41) is 3.08. The summed E-state index contributed by atoms with van der Waals surface area (Å²) in [4.78, 5) is 20.9. The van der Waals surface area contributed by atoms with Crippen molar-refractivity contribution >= 4 is 6.03 Å². The van der Waals surface area contributed by atoms with Crippen LogP contribution >= 0.6 is 0 Å². The molecule has 1 aliphatic rings. The summed E-state index contributed by atoms with van der Waals surface area (Å²) in [7, 11) is 1.83. The third-order valence-electron chi connectivity index (χ3n) is 4.66. The quantitative estimate of drug-likeness (QED) is 0.910. The lowest BCUT2D eigenvalue weighted by Crippen LogP contribution is -2.49. The number of nitrogens with one attached hydrogen (secondary N) is 1. The predicted octanol–water partition coefficient (Wildman–Crippen LogP) is 2.66. The van der Waals surface area contributed by atoms with Gasteiger partial charge in [0.2, 0.25) is 0 Å². The fraction of sp³-hybridized carbons (Fsp3) is 0.647. The molecule has 22 heavy (non-hydrogen) atoms. The summed E-state index contributed by atoms with van der Waals surface area (Å²) in [5.74, 6) is 0. The number of nitrogens with zero attached hydrogens (tertiary/aromatic N) is 3. The van der Waals surface area contributed by atoms with Gasteiger partial charge in [-0.25, -0.2) is 4.79 Å². The fourth-order valence-electron chi connectivity index (χ4n) is 3.03. The van der Waals surface area contributed by atoms with Gasteiger partial charge < -0.3 is 10.2 Å². The van der Waals surface area contributed by atoms with Crippen molar-refractivity contribution in [2.75, 3.05) is 26.7 Å². The molecule has 0 radical (unpaired) electrons. The second-order valence-electron chi connectivity index (χ2n) is 6.01. The molecule has 0 saturated carbocycles. The highest BCUT2D eigenvalue weighted by molar-refractivity contribution is 5.74. The van der Waals surface area contributed by atoms with Gasteiger partial charge in [0.25, 0.3) is 0 Å². The summed E-state index contributed by atoms with van der Waals surface area (Å²) in [6, 6.07) is 6.20. The summed E-state index contributed by atoms with van der Waals surface area (Å²) >= 11 is 0. The molecule has 0 bridgehead atoms. The number of urea groups is 1. The van der Waals surface area contributed by atoms with Crippen LogP contribution in [0.3, 0.4) is 0 Å². The monoisotopic (exact) mass is 304 g/mol. The molecule has 2 amide bonds. The smallest absolute Gasteiger partial charge is 0.317 e. The van der Waals surface area contributed by atoms with Crippen molar-refractivity contribution in [3.05, 3.63) is 30.1 Å². The van der Waals surface area contributed by atoms with E-state index in [0.717, 1.165) is 25.3 Å².